The average molecular weight is 208 g/mol. The van der Waals surface area contributed by atoms with Crippen LogP contribution in [0.3, 0.4) is 0 Å². The number of nitrogens with one attached hydrogen (secondary N) is 3. The molecule has 3 N–H and O–H groups in total. The molecule has 5 heteroatoms. The maximum absolute atomic E-state index is 11.9. The number of aromatic nitrogens is 2. The molecule has 0 saturated carbocycles. The van der Waals surface area contributed by atoms with Gasteiger partial charge in [-0.2, -0.15) is 5.10 Å². The maximum Gasteiger partial charge on any atom is 0.255 e. The van der Waals surface area contributed by atoms with Crippen molar-refractivity contribution in [3.8, 4) is 0 Å². The number of rotatable bonds is 2. The second-order valence-corrected chi connectivity index (χ2v) is 4.35. The molecule has 2 heterocycles. The van der Waals surface area contributed by atoms with Gasteiger partial charge >= 0.3 is 0 Å². The summed E-state index contributed by atoms with van der Waals surface area (Å²) in [5.41, 5.74) is 1.31. The van der Waals surface area contributed by atoms with Gasteiger partial charge in [0.1, 0.15) is 0 Å². The fraction of sp³-hybridized carbons (Fsp3) is 0.600. The van der Waals surface area contributed by atoms with E-state index in [0.717, 1.165) is 25.2 Å². The normalized spacial score (nSPS) is 25.5. The Morgan fingerprint density at radius 2 is 2.47 bits per heavy atom. The van der Waals surface area contributed by atoms with Crippen molar-refractivity contribution in [1.29, 1.82) is 0 Å². The number of H-pyrrole nitrogens is 1. The van der Waals surface area contributed by atoms with E-state index in [1.807, 2.05) is 6.92 Å². The van der Waals surface area contributed by atoms with Crippen LogP contribution in [0.2, 0.25) is 0 Å². The highest BCUT2D eigenvalue weighted by molar-refractivity contribution is 5.95. The number of aromatic amines is 1. The predicted octanol–water partition coefficient (Wildman–Crippen LogP) is 0.200. The van der Waals surface area contributed by atoms with Crippen molar-refractivity contribution in [2.75, 3.05) is 13.1 Å². The van der Waals surface area contributed by atoms with Crippen LogP contribution in [0.4, 0.5) is 0 Å². The zero-order valence-electron chi connectivity index (χ0n) is 9.05. The highest BCUT2D eigenvalue weighted by Crippen LogP contribution is 2.14. The van der Waals surface area contributed by atoms with Gasteiger partial charge in [-0.15, -0.1) is 0 Å². The van der Waals surface area contributed by atoms with Gasteiger partial charge in [-0.1, -0.05) is 0 Å². The van der Waals surface area contributed by atoms with Gasteiger partial charge in [0.2, 0.25) is 0 Å². The maximum atomic E-state index is 11.9. The van der Waals surface area contributed by atoms with Crippen molar-refractivity contribution < 1.29 is 4.79 Å². The van der Waals surface area contributed by atoms with Crippen molar-refractivity contribution in [2.45, 2.75) is 25.8 Å². The Morgan fingerprint density at radius 1 is 1.67 bits per heavy atom. The fourth-order valence-electron chi connectivity index (χ4n) is 1.84. The molecule has 0 bridgehead atoms. The summed E-state index contributed by atoms with van der Waals surface area (Å²) in [5, 5.41) is 12.9. The van der Waals surface area contributed by atoms with Crippen molar-refractivity contribution >= 4 is 5.91 Å². The lowest BCUT2D eigenvalue weighted by atomic mass is 10.0. The summed E-state index contributed by atoms with van der Waals surface area (Å²) >= 11 is 0. The van der Waals surface area contributed by atoms with E-state index >= 15 is 0 Å². The van der Waals surface area contributed by atoms with Crippen LogP contribution in [-0.2, 0) is 0 Å². The zero-order chi connectivity index (χ0) is 10.9. The van der Waals surface area contributed by atoms with Crippen LogP contribution in [0.1, 0.15) is 29.4 Å². The Kier molecular flexibility index (Phi) is 2.48. The van der Waals surface area contributed by atoms with E-state index in [1.165, 1.54) is 0 Å². The third kappa shape index (κ3) is 2.02. The molecule has 1 unspecified atom stereocenters. The molecular formula is C10H16N4O. The summed E-state index contributed by atoms with van der Waals surface area (Å²) in [5.74, 6) is -0.0487. The molecule has 1 aromatic rings. The highest BCUT2D eigenvalue weighted by Gasteiger charge is 2.30. The van der Waals surface area contributed by atoms with Crippen molar-refractivity contribution in [3.05, 3.63) is 17.5 Å². The number of carbonyl (C=O) groups is 1. The average Bonchev–Trinajstić information content (AvgIpc) is 2.74. The Balaban J connectivity index is 2.07. The molecule has 0 radical (unpaired) electrons. The molecule has 2 rings (SSSR count). The first kappa shape index (κ1) is 10.2. The monoisotopic (exact) mass is 208 g/mol. The standard InChI is InChI=1S/C10H16N4O/c1-7-8(5-12-14-7)9(15)13-10(2)3-4-11-6-10/h5,11H,3-4,6H2,1-2H3,(H,12,14)(H,13,15). The minimum absolute atomic E-state index is 0.0487. The Hall–Kier alpha value is -1.36. The summed E-state index contributed by atoms with van der Waals surface area (Å²) in [7, 11) is 0. The molecule has 0 spiro atoms. The minimum atomic E-state index is -0.124. The molecule has 1 aliphatic heterocycles. The van der Waals surface area contributed by atoms with E-state index in [0.29, 0.717) is 5.56 Å². The number of carbonyl (C=O) groups excluding carboxylic acids is 1. The zero-order valence-corrected chi connectivity index (χ0v) is 9.05. The molecular weight excluding hydrogens is 192 g/mol. The van der Waals surface area contributed by atoms with E-state index in [2.05, 4.69) is 27.8 Å². The first-order valence-electron chi connectivity index (χ1n) is 5.14. The quantitative estimate of drug-likeness (QED) is 0.650. The lowest BCUT2D eigenvalue weighted by molar-refractivity contribution is 0.0912. The van der Waals surface area contributed by atoms with Gasteiger partial charge in [-0.25, -0.2) is 0 Å². The number of nitrogens with zero attached hydrogens (tertiary/aromatic N) is 1. The summed E-state index contributed by atoms with van der Waals surface area (Å²) in [6, 6.07) is 0. The molecule has 15 heavy (non-hydrogen) atoms. The Bertz CT molecular complexity index is 365. The Morgan fingerprint density at radius 3 is 3.00 bits per heavy atom. The van der Waals surface area contributed by atoms with Crippen LogP contribution >= 0.6 is 0 Å². The number of hydrogen-bond donors (Lipinski definition) is 3. The van der Waals surface area contributed by atoms with Crippen molar-refractivity contribution in [2.24, 2.45) is 0 Å². The van der Waals surface area contributed by atoms with E-state index in [4.69, 9.17) is 0 Å². The van der Waals surface area contributed by atoms with Crippen LogP contribution in [0, 0.1) is 6.92 Å². The van der Waals surface area contributed by atoms with E-state index in [9.17, 15) is 4.79 Å². The number of aryl methyl sites for hydroxylation is 1. The summed E-state index contributed by atoms with van der Waals surface area (Å²) in [6.45, 7) is 5.69. The fourth-order valence-corrected chi connectivity index (χ4v) is 1.84. The first-order chi connectivity index (χ1) is 7.11. The third-order valence-corrected chi connectivity index (χ3v) is 2.86. The molecule has 1 saturated heterocycles. The van der Waals surface area contributed by atoms with E-state index in [-0.39, 0.29) is 11.4 Å². The third-order valence-electron chi connectivity index (χ3n) is 2.86. The van der Waals surface area contributed by atoms with Crippen LogP contribution in [0.25, 0.3) is 0 Å². The largest absolute Gasteiger partial charge is 0.345 e. The predicted molar refractivity (Wildman–Crippen MR) is 56.7 cm³/mol. The second-order valence-electron chi connectivity index (χ2n) is 4.35. The highest BCUT2D eigenvalue weighted by atomic mass is 16.1. The van der Waals surface area contributed by atoms with Crippen LogP contribution < -0.4 is 10.6 Å². The molecule has 1 aromatic heterocycles. The molecule has 0 aromatic carbocycles. The lowest BCUT2D eigenvalue weighted by Gasteiger charge is -2.24. The number of amides is 1. The molecule has 1 fully saturated rings. The molecule has 5 nitrogen and oxygen atoms in total. The topological polar surface area (TPSA) is 69.8 Å². The Labute approximate surface area is 88.6 Å². The first-order valence-corrected chi connectivity index (χ1v) is 5.14. The molecule has 0 aliphatic carbocycles. The van der Waals surface area contributed by atoms with E-state index in [1.54, 1.807) is 6.20 Å². The van der Waals surface area contributed by atoms with Gasteiger partial charge in [0.25, 0.3) is 5.91 Å². The second kappa shape index (κ2) is 3.66. The van der Waals surface area contributed by atoms with Gasteiger partial charge in [-0.3, -0.25) is 9.89 Å². The number of hydrogen-bond acceptors (Lipinski definition) is 3. The van der Waals surface area contributed by atoms with Gasteiger partial charge in [0, 0.05) is 12.2 Å². The smallest absolute Gasteiger partial charge is 0.255 e. The van der Waals surface area contributed by atoms with Crippen molar-refractivity contribution in [3.63, 3.8) is 0 Å². The molecule has 1 aliphatic rings. The van der Waals surface area contributed by atoms with Gasteiger partial charge in [0.05, 0.1) is 17.3 Å². The SMILES string of the molecule is Cc1[nH]ncc1C(=O)NC1(C)CCNC1. The van der Waals surface area contributed by atoms with Gasteiger partial charge < -0.3 is 10.6 Å². The summed E-state index contributed by atoms with van der Waals surface area (Å²) in [4.78, 5) is 11.9. The van der Waals surface area contributed by atoms with Gasteiger partial charge in [0.15, 0.2) is 0 Å². The molecule has 1 atom stereocenters. The van der Waals surface area contributed by atoms with Crippen LogP contribution in [0.15, 0.2) is 6.20 Å². The van der Waals surface area contributed by atoms with Gasteiger partial charge in [-0.05, 0) is 26.8 Å². The van der Waals surface area contributed by atoms with Crippen LogP contribution in [0.5, 0.6) is 0 Å². The summed E-state index contributed by atoms with van der Waals surface area (Å²) in [6.07, 6.45) is 2.53. The minimum Gasteiger partial charge on any atom is -0.345 e. The van der Waals surface area contributed by atoms with E-state index < -0.39 is 0 Å². The molecule has 1 amide bonds. The van der Waals surface area contributed by atoms with Crippen LogP contribution in [-0.4, -0.2) is 34.7 Å². The van der Waals surface area contributed by atoms with Crippen molar-refractivity contribution in [1.82, 2.24) is 20.8 Å². The summed E-state index contributed by atoms with van der Waals surface area (Å²) < 4.78 is 0. The molecule has 82 valence electrons. The lowest BCUT2D eigenvalue weighted by Crippen LogP contribution is -2.47.